The molecule has 5 nitrogen and oxygen atoms in total. The minimum atomic E-state index is -0.600. The van der Waals surface area contributed by atoms with Crippen molar-refractivity contribution < 1.29 is 14.7 Å². The molecule has 2 amide bonds. The van der Waals surface area contributed by atoms with Gasteiger partial charge in [0.05, 0.1) is 6.10 Å². The molecule has 1 saturated heterocycles. The van der Waals surface area contributed by atoms with Crippen molar-refractivity contribution in [2.75, 3.05) is 13.1 Å². The molecular weight excluding hydrogens is 316 g/mol. The number of aliphatic hydroxyl groups is 1. The van der Waals surface area contributed by atoms with E-state index >= 15 is 0 Å². The SMILES string of the molecule is CC(=O)N1C[C@H](O)C[C@@H]1C(=O)N(CCc1ccccc1)C1CCCC1. The summed E-state index contributed by atoms with van der Waals surface area (Å²) in [6, 6.07) is 9.95. The average molecular weight is 344 g/mol. The average Bonchev–Trinajstić information content (AvgIpc) is 3.25. The lowest BCUT2D eigenvalue weighted by Crippen LogP contribution is -2.50. The van der Waals surface area contributed by atoms with Crippen LogP contribution in [0, 0.1) is 0 Å². The predicted molar refractivity (Wildman–Crippen MR) is 95.9 cm³/mol. The molecule has 1 N–H and O–H groups in total. The molecule has 1 saturated carbocycles. The Morgan fingerprint density at radius 1 is 1.20 bits per heavy atom. The van der Waals surface area contributed by atoms with Crippen molar-refractivity contribution in [2.45, 2.75) is 63.6 Å². The first kappa shape index (κ1) is 17.9. The molecule has 136 valence electrons. The van der Waals surface area contributed by atoms with E-state index < -0.39 is 12.1 Å². The molecule has 0 spiro atoms. The zero-order valence-electron chi connectivity index (χ0n) is 14.9. The van der Waals surface area contributed by atoms with E-state index in [1.165, 1.54) is 17.4 Å². The predicted octanol–water partition coefficient (Wildman–Crippen LogP) is 1.98. The summed E-state index contributed by atoms with van der Waals surface area (Å²) in [5, 5.41) is 9.96. The zero-order valence-corrected chi connectivity index (χ0v) is 14.9. The van der Waals surface area contributed by atoms with Gasteiger partial charge in [-0.2, -0.15) is 0 Å². The van der Waals surface area contributed by atoms with E-state index in [9.17, 15) is 14.7 Å². The molecule has 2 atom stereocenters. The molecule has 1 aliphatic heterocycles. The summed E-state index contributed by atoms with van der Waals surface area (Å²) >= 11 is 0. The standard InChI is InChI=1S/C20H28N2O3/c1-15(23)22-14-18(24)13-19(22)20(25)21(17-9-5-6-10-17)12-11-16-7-3-2-4-8-16/h2-4,7-8,17-19,24H,5-6,9-14H2,1H3/t18-,19-/m1/s1. The highest BCUT2D eigenvalue weighted by Crippen LogP contribution is 2.27. The van der Waals surface area contributed by atoms with Gasteiger partial charge in [0, 0.05) is 32.5 Å². The van der Waals surface area contributed by atoms with Crippen LogP contribution >= 0.6 is 0 Å². The first-order chi connectivity index (χ1) is 12.1. The van der Waals surface area contributed by atoms with Crippen LogP contribution in [-0.4, -0.2) is 58.0 Å². The van der Waals surface area contributed by atoms with Crippen LogP contribution in [0.15, 0.2) is 30.3 Å². The molecule has 2 fully saturated rings. The van der Waals surface area contributed by atoms with Crippen molar-refractivity contribution in [2.24, 2.45) is 0 Å². The molecule has 0 unspecified atom stereocenters. The Morgan fingerprint density at radius 2 is 1.88 bits per heavy atom. The molecule has 1 aliphatic carbocycles. The van der Waals surface area contributed by atoms with Crippen molar-refractivity contribution in [3.8, 4) is 0 Å². The number of carbonyl (C=O) groups excluding carboxylic acids is 2. The van der Waals surface area contributed by atoms with Crippen molar-refractivity contribution in [1.82, 2.24) is 9.80 Å². The van der Waals surface area contributed by atoms with Gasteiger partial charge >= 0.3 is 0 Å². The summed E-state index contributed by atoms with van der Waals surface area (Å²) in [5.74, 6) is -0.126. The van der Waals surface area contributed by atoms with Crippen LogP contribution in [-0.2, 0) is 16.0 Å². The lowest BCUT2D eigenvalue weighted by Gasteiger charge is -2.34. The Kier molecular flexibility index (Phi) is 5.74. The lowest BCUT2D eigenvalue weighted by molar-refractivity contribution is -0.144. The van der Waals surface area contributed by atoms with Gasteiger partial charge in [0.2, 0.25) is 11.8 Å². The number of hydrogen-bond acceptors (Lipinski definition) is 3. The van der Waals surface area contributed by atoms with Gasteiger partial charge < -0.3 is 14.9 Å². The minimum absolute atomic E-state index is 0.00887. The van der Waals surface area contributed by atoms with Crippen molar-refractivity contribution in [3.63, 3.8) is 0 Å². The van der Waals surface area contributed by atoms with Crippen molar-refractivity contribution in [3.05, 3.63) is 35.9 Å². The van der Waals surface area contributed by atoms with Crippen molar-refractivity contribution in [1.29, 1.82) is 0 Å². The smallest absolute Gasteiger partial charge is 0.245 e. The van der Waals surface area contributed by atoms with E-state index in [0.717, 1.165) is 32.1 Å². The first-order valence-electron chi connectivity index (χ1n) is 9.36. The largest absolute Gasteiger partial charge is 0.391 e. The monoisotopic (exact) mass is 344 g/mol. The van der Waals surface area contributed by atoms with Gasteiger partial charge in [-0.3, -0.25) is 9.59 Å². The summed E-state index contributed by atoms with van der Waals surface area (Å²) in [6.07, 6.45) is 4.96. The zero-order chi connectivity index (χ0) is 17.8. The fourth-order valence-corrected chi connectivity index (χ4v) is 4.17. The maximum absolute atomic E-state index is 13.2. The number of hydrogen-bond donors (Lipinski definition) is 1. The van der Waals surface area contributed by atoms with E-state index in [1.54, 1.807) is 0 Å². The first-order valence-corrected chi connectivity index (χ1v) is 9.36. The number of likely N-dealkylation sites (tertiary alicyclic amines) is 1. The van der Waals surface area contributed by atoms with Gasteiger partial charge in [-0.15, -0.1) is 0 Å². The molecule has 5 heteroatoms. The van der Waals surface area contributed by atoms with Gasteiger partial charge in [-0.25, -0.2) is 0 Å². The maximum atomic E-state index is 13.2. The normalized spacial score (nSPS) is 23.8. The van der Waals surface area contributed by atoms with Gasteiger partial charge in [0.15, 0.2) is 0 Å². The number of benzene rings is 1. The summed E-state index contributed by atoms with van der Waals surface area (Å²) in [4.78, 5) is 28.6. The van der Waals surface area contributed by atoms with Gasteiger partial charge in [-0.05, 0) is 24.8 Å². The van der Waals surface area contributed by atoms with Crippen molar-refractivity contribution >= 4 is 11.8 Å². The fourth-order valence-electron chi connectivity index (χ4n) is 4.17. The van der Waals surface area contributed by atoms with E-state index in [1.807, 2.05) is 23.1 Å². The quantitative estimate of drug-likeness (QED) is 0.888. The Labute approximate surface area is 149 Å². The topological polar surface area (TPSA) is 60.9 Å². The second-order valence-corrected chi connectivity index (χ2v) is 7.28. The molecule has 0 bridgehead atoms. The second kappa shape index (κ2) is 8.00. The van der Waals surface area contributed by atoms with E-state index in [0.29, 0.717) is 13.0 Å². The molecule has 1 heterocycles. The van der Waals surface area contributed by atoms with E-state index in [-0.39, 0.29) is 24.4 Å². The van der Waals surface area contributed by atoms with Gasteiger partial charge in [-0.1, -0.05) is 43.2 Å². The summed E-state index contributed by atoms with van der Waals surface area (Å²) in [6.45, 7) is 2.41. The summed E-state index contributed by atoms with van der Waals surface area (Å²) in [5.41, 5.74) is 1.22. The van der Waals surface area contributed by atoms with Crippen LogP contribution < -0.4 is 0 Å². The molecule has 3 rings (SSSR count). The number of rotatable bonds is 5. The highest BCUT2D eigenvalue weighted by molar-refractivity contribution is 5.88. The number of amides is 2. The molecule has 0 radical (unpaired) electrons. The van der Waals surface area contributed by atoms with Crippen LogP contribution in [0.1, 0.15) is 44.6 Å². The summed E-state index contributed by atoms with van der Waals surface area (Å²) < 4.78 is 0. The van der Waals surface area contributed by atoms with Crippen LogP contribution in [0.5, 0.6) is 0 Å². The molecule has 2 aliphatic rings. The van der Waals surface area contributed by atoms with Gasteiger partial charge in [0.1, 0.15) is 6.04 Å². The number of carbonyl (C=O) groups is 2. The Balaban J connectivity index is 1.73. The molecule has 1 aromatic carbocycles. The molecule has 25 heavy (non-hydrogen) atoms. The molecule has 1 aromatic rings. The highest BCUT2D eigenvalue weighted by atomic mass is 16.3. The van der Waals surface area contributed by atoms with Crippen LogP contribution in [0.3, 0.4) is 0 Å². The van der Waals surface area contributed by atoms with E-state index in [4.69, 9.17) is 0 Å². The molecule has 0 aromatic heterocycles. The Bertz CT molecular complexity index is 598. The van der Waals surface area contributed by atoms with Gasteiger partial charge in [0.25, 0.3) is 0 Å². The third kappa shape index (κ3) is 4.21. The lowest BCUT2D eigenvalue weighted by atomic mass is 10.1. The number of nitrogens with zero attached hydrogens (tertiary/aromatic N) is 2. The fraction of sp³-hybridized carbons (Fsp3) is 0.600. The number of β-amino-alcohol motifs (C(OH)–C–C–N with tert-alkyl or cyclic N) is 1. The van der Waals surface area contributed by atoms with Crippen LogP contribution in [0.25, 0.3) is 0 Å². The Morgan fingerprint density at radius 3 is 2.52 bits per heavy atom. The summed E-state index contributed by atoms with van der Waals surface area (Å²) in [7, 11) is 0. The maximum Gasteiger partial charge on any atom is 0.245 e. The second-order valence-electron chi connectivity index (χ2n) is 7.28. The third-order valence-electron chi connectivity index (χ3n) is 5.50. The van der Waals surface area contributed by atoms with Crippen LogP contribution in [0.2, 0.25) is 0 Å². The number of aliphatic hydroxyl groups excluding tert-OH is 1. The van der Waals surface area contributed by atoms with Crippen LogP contribution in [0.4, 0.5) is 0 Å². The Hall–Kier alpha value is -1.88. The minimum Gasteiger partial charge on any atom is -0.391 e. The highest BCUT2D eigenvalue weighted by Gasteiger charge is 2.41. The van der Waals surface area contributed by atoms with E-state index in [2.05, 4.69) is 12.1 Å². The third-order valence-corrected chi connectivity index (χ3v) is 5.50. The molecular formula is C20H28N2O3.